The minimum Gasteiger partial charge on any atom is -0.326 e. The molecule has 0 unspecified atom stereocenters. The second-order valence-electron chi connectivity index (χ2n) is 5.14. The predicted molar refractivity (Wildman–Crippen MR) is 87.4 cm³/mol. The zero-order chi connectivity index (χ0) is 15.0. The summed E-state index contributed by atoms with van der Waals surface area (Å²) in [5, 5.41) is 0. The minimum atomic E-state index is -3.52. The van der Waals surface area contributed by atoms with Crippen molar-refractivity contribution in [2.45, 2.75) is 36.0 Å². The van der Waals surface area contributed by atoms with E-state index < -0.39 is 10.0 Å². The van der Waals surface area contributed by atoms with Crippen LogP contribution in [0.5, 0.6) is 0 Å². The van der Waals surface area contributed by atoms with Crippen LogP contribution in [0.2, 0.25) is 0 Å². The summed E-state index contributed by atoms with van der Waals surface area (Å²) in [6, 6.07) is 3.53. The zero-order valence-corrected chi connectivity index (χ0v) is 14.8. The molecule has 2 rings (SSSR count). The van der Waals surface area contributed by atoms with Crippen LogP contribution in [-0.4, -0.2) is 26.0 Å². The van der Waals surface area contributed by atoms with Crippen LogP contribution in [-0.2, 0) is 16.6 Å². The van der Waals surface area contributed by atoms with Gasteiger partial charge < -0.3 is 5.73 Å². The topological polar surface area (TPSA) is 72.2 Å². The molecule has 0 aromatic heterocycles. The van der Waals surface area contributed by atoms with Crippen LogP contribution in [0.25, 0.3) is 0 Å². The summed E-state index contributed by atoms with van der Waals surface area (Å²) in [4.78, 5) is 0.273. The summed E-state index contributed by atoms with van der Waals surface area (Å²) < 4.78 is 28.4. The summed E-state index contributed by atoms with van der Waals surface area (Å²) >= 11 is 5.10. The molecule has 0 radical (unpaired) electrons. The number of hydrogen-bond acceptors (Lipinski definition) is 4. The second kappa shape index (κ2) is 5.96. The van der Waals surface area contributed by atoms with Crippen LogP contribution in [0.3, 0.4) is 0 Å². The van der Waals surface area contributed by atoms with E-state index >= 15 is 0 Å². The van der Waals surface area contributed by atoms with Gasteiger partial charge in [-0.25, -0.2) is 13.1 Å². The third-order valence-corrected chi connectivity index (χ3v) is 7.79. The van der Waals surface area contributed by atoms with E-state index in [1.807, 2.05) is 19.2 Å². The van der Waals surface area contributed by atoms with Gasteiger partial charge in [-0.2, -0.15) is 11.8 Å². The van der Waals surface area contributed by atoms with Crippen molar-refractivity contribution >= 4 is 37.7 Å². The Morgan fingerprint density at radius 2 is 2.10 bits per heavy atom. The van der Waals surface area contributed by atoms with Gasteiger partial charge in [0.15, 0.2) is 0 Å². The van der Waals surface area contributed by atoms with Gasteiger partial charge in [-0.3, -0.25) is 0 Å². The maximum atomic E-state index is 12.5. The van der Waals surface area contributed by atoms with Gasteiger partial charge in [0.1, 0.15) is 0 Å². The highest BCUT2D eigenvalue weighted by atomic mass is 79.9. The third-order valence-electron chi connectivity index (χ3n) is 3.63. The first kappa shape index (κ1) is 16.3. The van der Waals surface area contributed by atoms with Gasteiger partial charge in [-0.05, 0) is 59.1 Å². The van der Waals surface area contributed by atoms with E-state index in [2.05, 4.69) is 20.7 Å². The quantitative estimate of drug-likeness (QED) is 0.796. The molecule has 3 N–H and O–H groups in total. The molecule has 1 aromatic carbocycles. The average Bonchev–Trinajstić information content (AvgIpc) is 3.20. The Labute approximate surface area is 133 Å². The van der Waals surface area contributed by atoms with E-state index in [1.165, 1.54) is 0 Å². The fourth-order valence-corrected chi connectivity index (χ4v) is 5.03. The smallest absolute Gasteiger partial charge is 0.241 e. The standard InChI is InChI=1S/C13H19BrN2O2S2/c1-9-5-10(7-15)6-11(12(9)14)20(17,18)16-8-13(19-2)3-4-13/h5-6,16H,3-4,7-8,15H2,1-2H3. The van der Waals surface area contributed by atoms with E-state index in [-0.39, 0.29) is 9.64 Å². The van der Waals surface area contributed by atoms with Gasteiger partial charge in [-0.1, -0.05) is 6.07 Å². The number of halogens is 1. The van der Waals surface area contributed by atoms with E-state index in [4.69, 9.17) is 5.73 Å². The Morgan fingerprint density at radius 1 is 1.45 bits per heavy atom. The first-order valence-corrected chi connectivity index (χ1v) is 9.87. The van der Waals surface area contributed by atoms with Crippen LogP contribution in [0.4, 0.5) is 0 Å². The predicted octanol–water partition coefficient (Wildman–Crippen LogP) is 2.39. The highest BCUT2D eigenvalue weighted by Crippen LogP contribution is 2.46. The van der Waals surface area contributed by atoms with Crippen molar-refractivity contribution in [1.82, 2.24) is 4.72 Å². The Kier molecular flexibility index (Phi) is 4.86. The molecule has 1 saturated carbocycles. The molecule has 1 aliphatic rings. The van der Waals surface area contributed by atoms with Gasteiger partial charge in [0, 0.05) is 22.3 Å². The number of thioether (sulfide) groups is 1. The lowest BCUT2D eigenvalue weighted by molar-refractivity contribution is 0.579. The largest absolute Gasteiger partial charge is 0.326 e. The minimum absolute atomic E-state index is 0.0973. The highest BCUT2D eigenvalue weighted by molar-refractivity contribution is 9.10. The van der Waals surface area contributed by atoms with Crippen molar-refractivity contribution in [3.63, 3.8) is 0 Å². The van der Waals surface area contributed by atoms with E-state index in [0.29, 0.717) is 17.6 Å². The van der Waals surface area contributed by atoms with Gasteiger partial charge in [0.05, 0.1) is 4.90 Å². The molecule has 0 saturated heterocycles. The molecule has 1 fully saturated rings. The Balaban J connectivity index is 2.27. The Morgan fingerprint density at radius 3 is 2.60 bits per heavy atom. The summed E-state index contributed by atoms with van der Waals surface area (Å²) in [5.74, 6) is 0. The summed E-state index contributed by atoms with van der Waals surface area (Å²) in [5.41, 5.74) is 7.31. The number of nitrogens with two attached hydrogens (primary N) is 1. The molecule has 4 nitrogen and oxygen atoms in total. The molecule has 0 bridgehead atoms. The zero-order valence-electron chi connectivity index (χ0n) is 11.6. The lowest BCUT2D eigenvalue weighted by Gasteiger charge is -2.15. The first-order chi connectivity index (χ1) is 9.33. The normalized spacial score (nSPS) is 17.2. The van der Waals surface area contributed by atoms with Gasteiger partial charge >= 0.3 is 0 Å². The van der Waals surface area contributed by atoms with E-state index in [1.54, 1.807) is 17.8 Å². The number of aryl methyl sites for hydroxylation is 1. The number of benzene rings is 1. The van der Waals surface area contributed by atoms with Crippen molar-refractivity contribution in [3.05, 3.63) is 27.7 Å². The molecule has 1 aliphatic carbocycles. The molecule has 0 aliphatic heterocycles. The van der Waals surface area contributed by atoms with Gasteiger partial charge in [0.2, 0.25) is 10.0 Å². The summed E-state index contributed by atoms with van der Waals surface area (Å²) in [7, 11) is -3.52. The lowest BCUT2D eigenvalue weighted by Crippen LogP contribution is -2.32. The molecule has 1 aromatic rings. The van der Waals surface area contributed by atoms with Crippen LogP contribution < -0.4 is 10.5 Å². The fraction of sp³-hybridized carbons (Fsp3) is 0.538. The van der Waals surface area contributed by atoms with Crippen LogP contribution in [0.15, 0.2) is 21.5 Å². The molecule has 20 heavy (non-hydrogen) atoms. The summed E-state index contributed by atoms with van der Waals surface area (Å²) in [6.45, 7) is 2.67. The Bertz CT molecular complexity index is 613. The van der Waals surface area contributed by atoms with Gasteiger partial charge in [0.25, 0.3) is 0 Å². The number of sulfonamides is 1. The van der Waals surface area contributed by atoms with Crippen LogP contribution in [0, 0.1) is 6.92 Å². The first-order valence-electron chi connectivity index (χ1n) is 6.37. The summed E-state index contributed by atoms with van der Waals surface area (Å²) in [6.07, 6.45) is 4.16. The molecule has 0 amide bonds. The average molecular weight is 379 g/mol. The number of nitrogens with one attached hydrogen (secondary N) is 1. The molecular weight excluding hydrogens is 360 g/mol. The lowest BCUT2D eigenvalue weighted by atomic mass is 10.1. The maximum Gasteiger partial charge on any atom is 0.241 e. The molecule has 0 spiro atoms. The monoisotopic (exact) mass is 378 g/mol. The van der Waals surface area contributed by atoms with Crippen LogP contribution in [0.1, 0.15) is 24.0 Å². The Hall–Kier alpha value is -0.0800. The van der Waals surface area contributed by atoms with Crippen molar-refractivity contribution in [2.75, 3.05) is 12.8 Å². The number of rotatable bonds is 6. The van der Waals surface area contributed by atoms with Crippen molar-refractivity contribution in [2.24, 2.45) is 5.73 Å². The van der Waals surface area contributed by atoms with Crippen molar-refractivity contribution in [3.8, 4) is 0 Å². The van der Waals surface area contributed by atoms with E-state index in [0.717, 1.165) is 24.0 Å². The second-order valence-corrected chi connectivity index (χ2v) is 8.94. The van der Waals surface area contributed by atoms with Crippen LogP contribution >= 0.6 is 27.7 Å². The van der Waals surface area contributed by atoms with E-state index in [9.17, 15) is 8.42 Å². The number of hydrogen-bond donors (Lipinski definition) is 2. The highest BCUT2D eigenvalue weighted by Gasteiger charge is 2.42. The fourth-order valence-electron chi connectivity index (χ4n) is 2.02. The van der Waals surface area contributed by atoms with Gasteiger partial charge in [-0.15, -0.1) is 0 Å². The molecule has 112 valence electrons. The maximum absolute atomic E-state index is 12.5. The molecule has 7 heteroatoms. The van der Waals surface area contributed by atoms with Crippen molar-refractivity contribution in [1.29, 1.82) is 0 Å². The molecule has 0 atom stereocenters. The molecular formula is C13H19BrN2O2S2. The molecule has 0 heterocycles. The third kappa shape index (κ3) is 3.39. The SMILES string of the molecule is CSC1(CNS(=O)(=O)c2cc(CN)cc(C)c2Br)CC1. The van der Waals surface area contributed by atoms with Crippen molar-refractivity contribution < 1.29 is 8.42 Å².